The number of β-amino-alcohol motifs (C(OH)–C–C–N with tert-alkyl or cyclic N) is 1. The van der Waals surface area contributed by atoms with Gasteiger partial charge in [0.15, 0.2) is 0 Å². The van der Waals surface area contributed by atoms with Gasteiger partial charge in [-0.1, -0.05) is 15.9 Å². The molecule has 5 heteroatoms. The first-order valence-corrected chi connectivity index (χ1v) is 6.95. The molecule has 1 fully saturated rings. The minimum Gasteiger partial charge on any atom is -0.391 e. The van der Waals surface area contributed by atoms with E-state index >= 15 is 0 Å². The highest BCUT2D eigenvalue weighted by Gasteiger charge is 2.20. The summed E-state index contributed by atoms with van der Waals surface area (Å²) in [6, 6.07) is 4.57. The zero-order valence-electron chi connectivity index (χ0n) is 10.4. The Morgan fingerprint density at radius 3 is 3.05 bits per heavy atom. The topological polar surface area (TPSA) is 40.5 Å². The predicted octanol–water partition coefficient (Wildman–Crippen LogP) is 2.58. The van der Waals surface area contributed by atoms with Crippen LogP contribution in [0.4, 0.5) is 4.39 Å². The molecule has 1 N–H and O–H groups in total. The Morgan fingerprint density at radius 1 is 1.53 bits per heavy atom. The van der Waals surface area contributed by atoms with Gasteiger partial charge in [-0.05, 0) is 37.1 Å². The van der Waals surface area contributed by atoms with Crippen molar-refractivity contribution in [1.29, 1.82) is 0 Å². The number of likely N-dealkylation sites (tertiary alicyclic amines) is 1. The lowest BCUT2D eigenvalue weighted by molar-refractivity contribution is -0.128. The molecule has 1 aromatic carbocycles. The van der Waals surface area contributed by atoms with E-state index in [1.807, 2.05) is 0 Å². The van der Waals surface area contributed by atoms with Crippen molar-refractivity contribution in [2.45, 2.75) is 18.9 Å². The number of rotatable bonds is 2. The van der Waals surface area contributed by atoms with Crippen molar-refractivity contribution in [3.8, 4) is 0 Å². The molecule has 0 radical (unpaired) electrons. The van der Waals surface area contributed by atoms with Gasteiger partial charge in [0.05, 0.1) is 6.10 Å². The number of amides is 1. The fourth-order valence-corrected chi connectivity index (χ4v) is 2.44. The molecule has 1 atom stereocenters. The molecule has 0 saturated carbocycles. The van der Waals surface area contributed by atoms with Crippen molar-refractivity contribution in [2.75, 3.05) is 13.1 Å². The van der Waals surface area contributed by atoms with Gasteiger partial charge in [-0.25, -0.2) is 4.39 Å². The van der Waals surface area contributed by atoms with Gasteiger partial charge < -0.3 is 10.0 Å². The SMILES string of the molecule is O=C(C=Cc1cc(Br)ccc1F)N1CCCC(O)C1. The van der Waals surface area contributed by atoms with Gasteiger partial charge in [0.2, 0.25) is 5.91 Å². The average Bonchev–Trinajstić information content (AvgIpc) is 2.39. The van der Waals surface area contributed by atoms with E-state index in [4.69, 9.17) is 0 Å². The monoisotopic (exact) mass is 327 g/mol. The summed E-state index contributed by atoms with van der Waals surface area (Å²) in [5.74, 6) is -0.566. The van der Waals surface area contributed by atoms with Crippen LogP contribution >= 0.6 is 15.9 Å². The number of carbonyl (C=O) groups excluding carboxylic acids is 1. The van der Waals surface area contributed by atoms with Crippen LogP contribution in [-0.2, 0) is 4.79 Å². The second kappa shape index (κ2) is 6.30. The van der Waals surface area contributed by atoms with Crippen molar-refractivity contribution >= 4 is 27.9 Å². The summed E-state index contributed by atoms with van der Waals surface area (Å²) in [5, 5.41) is 9.51. The molecule has 1 heterocycles. The van der Waals surface area contributed by atoms with E-state index < -0.39 is 6.10 Å². The third kappa shape index (κ3) is 3.88. The maximum atomic E-state index is 13.5. The van der Waals surface area contributed by atoms with Crippen molar-refractivity contribution < 1.29 is 14.3 Å². The number of hydrogen-bond donors (Lipinski definition) is 1. The molecule has 102 valence electrons. The third-order valence-electron chi connectivity index (χ3n) is 3.07. The Hall–Kier alpha value is -1.20. The van der Waals surface area contributed by atoms with Gasteiger partial charge in [0, 0.05) is 29.2 Å². The quantitative estimate of drug-likeness (QED) is 0.848. The van der Waals surface area contributed by atoms with Gasteiger partial charge in [0.1, 0.15) is 5.82 Å². The Labute approximate surface area is 119 Å². The van der Waals surface area contributed by atoms with Crippen LogP contribution in [0.3, 0.4) is 0 Å². The molecule has 1 unspecified atom stereocenters. The van der Waals surface area contributed by atoms with Crippen LogP contribution < -0.4 is 0 Å². The first-order valence-electron chi connectivity index (χ1n) is 6.16. The van der Waals surface area contributed by atoms with E-state index in [0.717, 1.165) is 17.3 Å². The number of aliphatic hydroxyl groups excluding tert-OH is 1. The molecule has 2 rings (SSSR count). The van der Waals surface area contributed by atoms with Gasteiger partial charge in [0.25, 0.3) is 0 Å². The Bertz CT molecular complexity index is 504. The molecule has 1 aliphatic heterocycles. The first-order chi connectivity index (χ1) is 9.06. The standard InChI is InChI=1S/C14H15BrFNO2/c15-11-4-5-13(16)10(8-11)3-6-14(19)17-7-1-2-12(18)9-17/h3-6,8,12,18H,1-2,7,9H2. The molecule has 1 amide bonds. The van der Waals surface area contributed by atoms with Gasteiger partial charge in [-0.2, -0.15) is 0 Å². The van der Waals surface area contributed by atoms with Crippen LogP contribution in [-0.4, -0.2) is 35.1 Å². The second-order valence-electron chi connectivity index (χ2n) is 4.58. The lowest BCUT2D eigenvalue weighted by Crippen LogP contribution is -2.41. The van der Waals surface area contributed by atoms with E-state index in [-0.39, 0.29) is 11.7 Å². The fourth-order valence-electron chi connectivity index (χ4n) is 2.06. The number of piperidine rings is 1. The highest BCUT2D eigenvalue weighted by Crippen LogP contribution is 2.17. The van der Waals surface area contributed by atoms with Crippen molar-refractivity contribution in [3.05, 3.63) is 40.1 Å². The number of benzene rings is 1. The average molecular weight is 328 g/mol. The van der Waals surface area contributed by atoms with Crippen molar-refractivity contribution in [3.63, 3.8) is 0 Å². The van der Waals surface area contributed by atoms with Crippen molar-refractivity contribution in [2.24, 2.45) is 0 Å². The van der Waals surface area contributed by atoms with E-state index in [2.05, 4.69) is 15.9 Å². The van der Waals surface area contributed by atoms with Crippen LogP contribution in [0.15, 0.2) is 28.7 Å². The smallest absolute Gasteiger partial charge is 0.246 e. The van der Waals surface area contributed by atoms with Gasteiger partial charge in [-0.3, -0.25) is 4.79 Å². The van der Waals surface area contributed by atoms with Crippen LogP contribution in [0.5, 0.6) is 0 Å². The zero-order valence-corrected chi connectivity index (χ0v) is 11.9. The second-order valence-corrected chi connectivity index (χ2v) is 5.50. The Morgan fingerprint density at radius 2 is 2.32 bits per heavy atom. The maximum Gasteiger partial charge on any atom is 0.246 e. The molecule has 19 heavy (non-hydrogen) atoms. The molecule has 1 aromatic rings. The summed E-state index contributed by atoms with van der Waals surface area (Å²) in [7, 11) is 0. The van der Waals surface area contributed by atoms with E-state index in [1.165, 1.54) is 18.2 Å². The minimum atomic E-state index is -0.450. The fraction of sp³-hybridized carbons (Fsp3) is 0.357. The van der Waals surface area contributed by atoms with Crippen LogP contribution in [0.2, 0.25) is 0 Å². The predicted molar refractivity (Wildman–Crippen MR) is 75.0 cm³/mol. The number of nitrogens with zero attached hydrogens (tertiary/aromatic N) is 1. The van der Waals surface area contributed by atoms with Crippen LogP contribution in [0, 0.1) is 5.82 Å². The third-order valence-corrected chi connectivity index (χ3v) is 3.56. The number of carbonyl (C=O) groups is 1. The molecule has 0 bridgehead atoms. The molecule has 0 aromatic heterocycles. The number of halogens is 2. The summed E-state index contributed by atoms with van der Waals surface area (Å²) in [4.78, 5) is 13.5. The summed E-state index contributed by atoms with van der Waals surface area (Å²) < 4.78 is 14.2. The lowest BCUT2D eigenvalue weighted by Gasteiger charge is -2.29. The van der Waals surface area contributed by atoms with Crippen molar-refractivity contribution in [1.82, 2.24) is 4.90 Å². The molecular formula is C14H15BrFNO2. The minimum absolute atomic E-state index is 0.196. The molecule has 1 saturated heterocycles. The molecule has 0 aliphatic carbocycles. The summed E-state index contributed by atoms with van der Waals surface area (Å²) in [5.41, 5.74) is 0.361. The first kappa shape index (κ1) is 14.2. The summed E-state index contributed by atoms with van der Waals surface area (Å²) in [6.07, 6.45) is 3.89. The van der Waals surface area contributed by atoms with Gasteiger partial charge >= 0.3 is 0 Å². The number of hydrogen-bond acceptors (Lipinski definition) is 2. The highest BCUT2D eigenvalue weighted by molar-refractivity contribution is 9.10. The van der Waals surface area contributed by atoms with E-state index in [9.17, 15) is 14.3 Å². The van der Waals surface area contributed by atoms with Crippen LogP contribution in [0.1, 0.15) is 18.4 Å². The largest absolute Gasteiger partial charge is 0.391 e. The zero-order chi connectivity index (χ0) is 13.8. The normalized spacial score (nSPS) is 19.9. The maximum absolute atomic E-state index is 13.5. The van der Waals surface area contributed by atoms with E-state index in [0.29, 0.717) is 18.7 Å². The molecular weight excluding hydrogens is 313 g/mol. The Kier molecular flexibility index (Phi) is 4.71. The lowest BCUT2D eigenvalue weighted by atomic mass is 10.1. The highest BCUT2D eigenvalue weighted by atomic mass is 79.9. The number of aliphatic hydroxyl groups is 1. The van der Waals surface area contributed by atoms with E-state index in [1.54, 1.807) is 17.0 Å². The summed E-state index contributed by atoms with van der Waals surface area (Å²) in [6.45, 7) is 0.991. The molecule has 1 aliphatic rings. The summed E-state index contributed by atoms with van der Waals surface area (Å²) >= 11 is 3.26. The van der Waals surface area contributed by atoms with Crippen LogP contribution in [0.25, 0.3) is 6.08 Å². The molecule has 0 spiro atoms. The molecule has 3 nitrogen and oxygen atoms in total. The van der Waals surface area contributed by atoms with Gasteiger partial charge in [-0.15, -0.1) is 0 Å². The Balaban J connectivity index is 2.05.